The van der Waals surface area contributed by atoms with Crippen LogP contribution in [-0.4, -0.2) is 24.1 Å². The normalized spacial score (nSPS) is 11.6. The monoisotopic (exact) mass is 572 g/mol. The molecule has 0 radical (unpaired) electrons. The van der Waals surface area contributed by atoms with Gasteiger partial charge in [-0.3, -0.25) is 24.1 Å². The van der Waals surface area contributed by atoms with Crippen LogP contribution in [0.1, 0.15) is 19.4 Å². The molecule has 3 aromatic carbocycles. The molecule has 0 atom stereocenters. The van der Waals surface area contributed by atoms with Crippen molar-refractivity contribution >= 4 is 21.9 Å². The van der Waals surface area contributed by atoms with Crippen molar-refractivity contribution < 1.29 is 0 Å². The van der Waals surface area contributed by atoms with Crippen LogP contribution < -0.4 is 5.69 Å². The first-order valence-electron chi connectivity index (χ1n) is 14.3. The molecule has 0 N–H and O–H groups in total. The maximum absolute atomic E-state index is 13.5. The molecule has 0 aliphatic carbocycles. The van der Waals surface area contributed by atoms with Gasteiger partial charge >= 0.3 is 5.69 Å². The highest BCUT2D eigenvalue weighted by Gasteiger charge is 2.21. The fourth-order valence-corrected chi connectivity index (χ4v) is 5.57. The molecule has 7 aromatic rings. The smallest absolute Gasteiger partial charge is 0.293 e. The average molecular weight is 573 g/mol. The van der Waals surface area contributed by atoms with Gasteiger partial charge in [0.25, 0.3) is 0 Å². The van der Waals surface area contributed by atoms with Gasteiger partial charge in [0, 0.05) is 41.5 Å². The molecule has 0 fully saturated rings. The van der Waals surface area contributed by atoms with Gasteiger partial charge in [-0.1, -0.05) is 54.6 Å². The molecule has 0 amide bonds. The summed E-state index contributed by atoms with van der Waals surface area (Å²) in [5, 5.41) is 10.4. The standard InChI is InChI=1S/C37H28N6O/c1-37(2,23-38)28-12-14-29(15-13-28)43-35-30-19-25(9-18-33(30)41-22-34(35)42(3)36(43)44)26-10-16-32(39-20-26)27-11-17-31(40-21-27)24-7-5-4-6-8-24/h4-22H,1-3H3. The number of hydrogen-bond acceptors (Lipinski definition) is 5. The van der Waals surface area contributed by atoms with E-state index in [9.17, 15) is 10.1 Å². The highest BCUT2D eigenvalue weighted by Crippen LogP contribution is 2.31. The van der Waals surface area contributed by atoms with Crippen molar-refractivity contribution in [1.29, 1.82) is 5.26 Å². The number of rotatable bonds is 5. The lowest BCUT2D eigenvalue weighted by molar-refractivity contribution is 0.686. The van der Waals surface area contributed by atoms with Gasteiger partial charge in [-0.05, 0) is 67.4 Å². The molecular formula is C37H28N6O. The minimum Gasteiger partial charge on any atom is -0.293 e. The summed E-state index contributed by atoms with van der Waals surface area (Å²) in [5.41, 5.74) is 8.84. The van der Waals surface area contributed by atoms with Crippen molar-refractivity contribution in [2.24, 2.45) is 7.05 Å². The molecule has 44 heavy (non-hydrogen) atoms. The van der Waals surface area contributed by atoms with Crippen molar-refractivity contribution in [3.63, 3.8) is 0 Å². The van der Waals surface area contributed by atoms with Crippen molar-refractivity contribution in [1.82, 2.24) is 24.1 Å². The number of nitrogens with zero attached hydrogens (tertiary/aromatic N) is 6. The average Bonchev–Trinajstić information content (AvgIpc) is 3.34. The van der Waals surface area contributed by atoms with Gasteiger partial charge in [0.1, 0.15) is 0 Å². The third-order valence-electron chi connectivity index (χ3n) is 8.24. The van der Waals surface area contributed by atoms with E-state index in [0.29, 0.717) is 0 Å². The van der Waals surface area contributed by atoms with Crippen molar-refractivity contribution in [2.75, 3.05) is 0 Å². The molecule has 0 unspecified atom stereocenters. The Morgan fingerprint density at radius 3 is 2.02 bits per heavy atom. The molecule has 7 rings (SSSR count). The number of fused-ring (bicyclic) bond motifs is 3. The van der Waals surface area contributed by atoms with E-state index >= 15 is 0 Å². The number of aryl methyl sites for hydroxylation is 1. The summed E-state index contributed by atoms with van der Waals surface area (Å²) in [7, 11) is 1.76. The largest absolute Gasteiger partial charge is 0.333 e. The number of nitriles is 1. The second-order valence-electron chi connectivity index (χ2n) is 11.4. The van der Waals surface area contributed by atoms with E-state index in [1.54, 1.807) is 22.4 Å². The fourth-order valence-electron chi connectivity index (χ4n) is 5.57. The van der Waals surface area contributed by atoms with E-state index in [1.807, 2.05) is 111 Å². The highest BCUT2D eigenvalue weighted by molar-refractivity contribution is 6.04. The van der Waals surface area contributed by atoms with Crippen LogP contribution in [0, 0.1) is 11.3 Å². The minimum atomic E-state index is -0.626. The van der Waals surface area contributed by atoms with Crippen LogP contribution in [0.25, 0.3) is 61.3 Å². The molecule has 4 heterocycles. The molecule has 0 saturated heterocycles. The summed E-state index contributed by atoms with van der Waals surface area (Å²) in [6.45, 7) is 3.76. The highest BCUT2D eigenvalue weighted by atomic mass is 16.1. The number of imidazole rings is 1. The Morgan fingerprint density at radius 2 is 1.36 bits per heavy atom. The summed E-state index contributed by atoms with van der Waals surface area (Å²) >= 11 is 0. The van der Waals surface area contributed by atoms with Gasteiger partial charge in [0.2, 0.25) is 0 Å². The van der Waals surface area contributed by atoms with Gasteiger partial charge in [-0.25, -0.2) is 4.79 Å². The number of pyridine rings is 3. The fraction of sp³-hybridized carbons (Fsp3) is 0.108. The van der Waals surface area contributed by atoms with Crippen molar-refractivity contribution in [3.8, 4) is 45.4 Å². The Kier molecular flexibility index (Phi) is 6.41. The third kappa shape index (κ3) is 4.54. The Bertz CT molecular complexity index is 2260. The van der Waals surface area contributed by atoms with Gasteiger partial charge in [-0.15, -0.1) is 0 Å². The predicted molar refractivity (Wildman–Crippen MR) is 174 cm³/mol. The van der Waals surface area contributed by atoms with Crippen LogP contribution in [0.2, 0.25) is 0 Å². The van der Waals surface area contributed by atoms with Crippen LogP contribution in [0.3, 0.4) is 0 Å². The topological polar surface area (TPSA) is 89.4 Å². The first kappa shape index (κ1) is 27.0. The number of benzene rings is 3. The molecule has 0 aliphatic heterocycles. The van der Waals surface area contributed by atoms with Crippen molar-refractivity contribution in [3.05, 3.63) is 132 Å². The van der Waals surface area contributed by atoms with Gasteiger partial charge in [-0.2, -0.15) is 5.26 Å². The van der Waals surface area contributed by atoms with Crippen LogP contribution in [-0.2, 0) is 12.5 Å². The summed E-state index contributed by atoms with van der Waals surface area (Å²) in [6, 6.07) is 34.2. The SMILES string of the molecule is Cn1c(=O)n(-c2ccc(C(C)(C)C#N)cc2)c2c3cc(-c4ccc(-c5ccc(-c6ccccc6)nc5)nc4)ccc3ncc21. The molecule has 212 valence electrons. The Hall–Kier alpha value is -5.87. The van der Waals surface area contributed by atoms with E-state index in [-0.39, 0.29) is 5.69 Å². The lowest BCUT2D eigenvalue weighted by Crippen LogP contribution is -2.21. The van der Waals surface area contributed by atoms with E-state index < -0.39 is 5.41 Å². The molecule has 4 aromatic heterocycles. The van der Waals surface area contributed by atoms with E-state index in [0.717, 1.165) is 66.8 Å². The van der Waals surface area contributed by atoms with E-state index in [2.05, 4.69) is 28.2 Å². The maximum Gasteiger partial charge on any atom is 0.333 e. The zero-order chi connectivity index (χ0) is 30.4. The van der Waals surface area contributed by atoms with Crippen LogP contribution >= 0.6 is 0 Å². The van der Waals surface area contributed by atoms with Crippen LogP contribution in [0.15, 0.2) is 120 Å². The van der Waals surface area contributed by atoms with Crippen LogP contribution in [0.5, 0.6) is 0 Å². The molecule has 0 spiro atoms. The van der Waals surface area contributed by atoms with Gasteiger partial charge in [0.15, 0.2) is 0 Å². The second-order valence-corrected chi connectivity index (χ2v) is 11.4. The molecule has 7 heteroatoms. The second kappa shape index (κ2) is 10.4. The van der Waals surface area contributed by atoms with Gasteiger partial charge < -0.3 is 0 Å². The molecule has 0 aliphatic rings. The molecule has 0 saturated carbocycles. The van der Waals surface area contributed by atoms with E-state index in [4.69, 9.17) is 4.98 Å². The number of aromatic nitrogens is 5. The van der Waals surface area contributed by atoms with Crippen molar-refractivity contribution in [2.45, 2.75) is 19.3 Å². The summed E-state index contributed by atoms with van der Waals surface area (Å²) < 4.78 is 3.34. The molecule has 7 nitrogen and oxygen atoms in total. The molecule has 0 bridgehead atoms. The predicted octanol–water partition coefficient (Wildman–Crippen LogP) is 7.47. The minimum absolute atomic E-state index is 0.162. The number of hydrogen-bond donors (Lipinski definition) is 0. The zero-order valence-corrected chi connectivity index (χ0v) is 24.6. The van der Waals surface area contributed by atoms with Gasteiger partial charge in [0.05, 0.1) is 51.3 Å². The quantitative estimate of drug-likeness (QED) is 0.213. The Balaban J connectivity index is 1.28. The summed E-state index contributed by atoms with van der Waals surface area (Å²) in [6.07, 6.45) is 5.46. The van der Waals surface area contributed by atoms with E-state index in [1.165, 1.54) is 0 Å². The Labute approximate surface area is 254 Å². The summed E-state index contributed by atoms with van der Waals surface area (Å²) in [5.74, 6) is 0. The first-order valence-corrected chi connectivity index (χ1v) is 14.3. The van der Waals surface area contributed by atoms with Crippen LogP contribution in [0.4, 0.5) is 0 Å². The third-order valence-corrected chi connectivity index (χ3v) is 8.24. The first-order chi connectivity index (χ1) is 21.3. The summed E-state index contributed by atoms with van der Waals surface area (Å²) in [4.78, 5) is 27.6. The Morgan fingerprint density at radius 1 is 0.705 bits per heavy atom. The zero-order valence-electron chi connectivity index (χ0n) is 24.6. The lowest BCUT2D eigenvalue weighted by Gasteiger charge is -2.16. The molecular weight excluding hydrogens is 544 g/mol. The maximum atomic E-state index is 13.5. The lowest BCUT2D eigenvalue weighted by atomic mass is 9.86.